The minimum absolute atomic E-state index is 0.0819. The van der Waals surface area contributed by atoms with Gasteiger partial charge in [0.05, 0.1) is 0 Å². The molecule has 0 atom stereocenters. The van der Waals surface area contributed by atoms with Crippen molar-refractivity contribution < 1.29 is 12.8 Å². The summed E-state index contributed by atoms with van der Waals surface area (Å²) in [4.78, 5) is 8.26. The van der Waals surface area contributed by atoms with E-state index in [1.165, 1.54) is 18.2 Å². The molecule has 0 bridgehead atoms. The Balaban J connectivity index is 1.61. The Labute approximate surface area is 151 Å². The van der Waals surface area contributed by atoms with Crippen LogP contribution in [-0.4, -0.2) is 36.0 Å². The molecule has 0 unspecified atom stereocenters. The summed E-state index contributed by atoms with van der Waals surface area (Å²) < 4.78 is 42.1. The second kappa shape index (κ2) is 7.63. The topological polar surface area (TPSA) is 88.9 Å². The van der Waals surface area contributed by atoms with Gasteiger partial charge in [-0.05, 0) is 31.2 Å². The van der Waals surface area contributed by atoms with Crippen molar-refractivity contribution in [1.29, 1.82) is 0 Å². The van der Waals surface area contributed by atoms with E-state index in [9.17, 15) is 12.8 Å². The van der Waals surface area contributed by atoms with Crippen LogP contribution in [0.15, 0.2) is 59.8 Å². The van der Waals surface area contributed by atoms with Gasteiger partial charge >= 0.3 is 0 Å². The Morgan fingerprint density at radius 2 is 1.81 bits per heavy atom. The van der Waals surface area contributed by atoms with Crippen LogP contribution in [-0.2, 0) is 10.0 Å². The number of anilines is 1. The van der Waals surface area contributed by atoms with E-state index in [0.717, 1.165) is 6.07 Å². The molecule has 2 aromatic heterocycles. The van der Waals surface area contributed by atoms with Gasteiger partial charge in [-0.1, -0.05) is 12.1 Å². The number of nitrogens with one attached hydrogen (secondary N) is 2. The number of aryl methyl sites for hydroxylation is 1. The highest BCUT2D eigenvalue weighted by Gasteiger charge is 2.17. The highest BCUT2D eigenvalue weighted by molar-refractivity contribution is 7.89. The van der Waals surface area contributed by atoms with E-state index in [1.54, 1.807) is 13.0 Å². The first-order chi connectivity index (χ1) is 12.5. The number of halogens is 1. The van der Waals surface area contributed by atoms with Crippen molar-refractivity contribution in [3.8, 4) is 5.82 Å². The highest BCUT2D eigenvalue weighted by Crippen LogP contribution is 2.13. The van der Waals surface area contributed by atoms with Crippen LogP contribution < -0.4 is 10.0 Å². The van der Waals surface area contributed by atoms with E-state index in [4.69, 9.17) is 0 Å². The zero-order valence-electron chi connectivity index (χ0n) is 14.1. The van der Waals surface area contributed by atoms with Crippen LogP contribution >= 0.6 is 0 Å². The summed E-state index contributed by atoms with van der Waals surface area (Å²) in [5, 5.41) is 3.04. The number of hydrogen-bond donors (Lipinski definition) is 2. The molecule has 136 valence electrons. The van der Waals surface area contributed by atoms with Crippen molar-refractivity contribution in [2.24, 2.45) is 0 Å². The lowest BCUT2D eigenvalue weighted by Crippen LogP contribution is -2.29. The monoisotopic (exact) mass is 375 g/mol. The number of nitrogens with zero attached hydrogens (tertiary/aromatic N) is 3. The summed E-state index contributed by atoms with van der Waals surface area (Å²) in [6.07, 6.45) is 3.74. The third-order valence-electron chi connectivity index (χ3n) is 3.54. The van der Waals surface area contributed by atoms with Gasteiger partial charge < -0.3 is 9.88 Å². The molecule has 0 aliphatic rings. The first-order valence-corrected chi connectivity index (χ1v) is 9.41. The molecule has 0 spiro atoms. The fraction of sp³-hybridized carbons (Fsp3) is 0.176. The van der Waals surface area contributed by atoms with Crippen LogP contribution in [0.4, 0.5) is 10.2 Å². The molecule has 0 saturated heterocycles. The minimum Gasteiger partial charge on any atom is -0.369 e. The third kappa shape index (κ3) is 4.24. The average molecular weight is 375 g/mol. The lowest BCUT2D eigenvalue weighted by atomic mass is 10.4. The van der Waals surface area contributed by atoms with Crippen LogP contribution in [0.5, 0.6) is 0 Å². The van der Waals surface area contributed by atoms with Crippen LogP contribution in [0.25, 0.3) is 5.82 Å². The number of benzene rings is 1. The molecular formula is C17H18FN5O2S. The van der Waals surface area contributed by atoms with Gasteiger partial charge in [0, 0.05) is 31.5 Å². The Morgan fingerprint density at radius 3 is 2.54 bits per heavy atom. The molecule has 26 heavy (non-hydrogen) atoms. The molecule has 0 fully saturated rings. The maximum atomic E-state index is 13.6. The molecule has 0 saturated carbocycles. The maximum Gasteiger partial charge on any atom is 0.243 e. The van der Waals surface area contributed by atoms with Crippen LogP contribution in [0.3, 0.4) is 0 Å². The molecule has 1 aromatic carbocycles. The summed E-state index contributed by atoms with van der Waals surface area (Å²) >= 11 is 0. The summed E-state index contributed by atoms with van der Waals surface area (Å²) in [5.41, 5.74) is 0. The smallest absolute Gasteiger partial charge is 0.243 e. The maximum absolute atomic E-state index is 13.6. The molecule has 2 N–H and O–H groups in total. The molecule has 3 rings (SSSR count). The zero-order chi connectivity index (χ0) is 18.6. The Hall–Kier alpha value is -2.78. The second-order valence-electron chi connectivity index (χ2n) is 5.50. The molecular weight excluding hydrogens is 357 g/mol. The van der Waals surface area contributed by atoms with E-state index < -0.39 is 15.8 Å². The van der Waals surface area contributed by atoms with E-state index in [2.05, 4.69) is 20.0 Å². The second-order valence-corrected chi connectivity index (χ2v) is 7.24. The van der Waals surface area contributed by atoms with E-state index in [0.29, 0.717) is 17.5 Å². The van der Waals surface area contributed by atoms with Gasteiger partial charge in [-0.15, -0.1) is 0 Å². The molecule has 0 radical (unpaired) electrons. The fourth-order valence-corrected chi connectivity index (χ4v) is 3.49. The predicted octanol–water partition coefficient (Wildman–Crippen LogP) is 2.11. The summed E-state index contributed by atoms with van der Waals surface area (Å²) in [6, 6.07) is 10.8. The fourth-order valence-electron chi connectivity index (χ4n) is 2.38. The standard InChI is InChI=1S/C17H18FN5O2S/c1-13-21-16(12-17(22-13)23-10-4-5-11-23)19-8-9-20-26(24,25)15-7-3-2-6-14(15)18/h2-7,10-12,20H,8-9H2,1H3,(H,19,21,22). The van der Waals surface area contributed by atoms with Gasteiger partial charge in [0.15, 0.2) is 0 Å². The van der Waals surface area contributed by atoms with Crippen molar-refractivity contribution in [2.45, 2.75) is 11.8 Å². The predicted molar refractivity (Wildman–Crippen MR) is 96.2 cm³/mol. The quantitative estimate of drug-likeness (QED) is 0.618. The van der Waals surface area contributed by atoms with Crippen molar-refractivity contribution in [1.82, 2.24) is 19.3 Å². The van der Waals surface area contributed by atoms with Crippen LogP contribution in [0.2, 0.25) is 0 Å². The molecule has 0 amide bonds. The van der Waals surface area contributed by atoms with Crippen LogP contribution in [0, 0.1) is 12.7 Å². The highest BCUT2D eigenvalue weighted by atomic mass is 32.2. The lowest BCUT2D eigenvalue weighted by molar-refractivity contribution is 0.558. The Bertz CT molecular complexity index is 990. The van der Waals surface area contributed by atoms with Gasteiger partial charge in [-0.25, -0.2) is 27.5 Å². The minimum atomic E-state index is -3.90. The number of aromatic nitrogens is 3. The molecule has 7 nitrogen and oxygen atoms in total. The Kier molecular flexibility index (Phi) is 5.29. The zero-order valence-corrected chi connectivity index (χ0v) is 14.9. The lowest BCUT2D eigenvalue weighted by Gasteiger charge is -2.10. The molecule has 0 aliphatic carbocycles. The first kappa shape index (κ1) is 18.0. The van der Waals surface area contributed by atoms with Crippen molar-refractivity contribution in [3.63, 3.8) is 0 Å². The third-order valence-corrected chi connectivity index (χ3v) is 5.04. The normalized spacial score (nSPS) is 11.5. The summed E-state index contributed by atoms with van der Waals surface area (Å²) in [6.45, 7) is 2.15. The first-order valence-electron chi connectivity index (χ1n) is 7.93. The number of hydrogen-bond acceptors (Lipinski definition) is 5. The summed E-state index contributed by atoms with van der Waals surface area (Å²) in [5.74, 6) is 1.09. The molecule has 9 heteroatoms. The van der Waals surface area contributed by atoms with Gasteiger partial charge in [-0.2, -0.15) is 0 Å². The summed E-state index contributed by atoms with van der Waals surface area (Å²) in [7, 11) is -3.90. The molecule has 2 heterocycles. The largest absolute Gasteiger partial charge is 0.369 e. The van der Waals surface area contributed by atoms with Crippen molar-refractivity contribution >= 4 is 15.8 Å². The van der Waals surface area contributed by atoms with Crippen LogP contribution in [0.1, 0.15) is 5.82 Å². The Morgan fingerprint density at radius 1 is 1.08 bits per heavy atom. The van der Waals surface area contributed by atoms with Gasteiger partial charge in [-0.3, -0.25) is 0 Å². The van der Waals surface area contributed by atoms with Gasteiger partial charge in [0.2, 0.25) is 10.0 Å². The van der Waals surface area contributed by atoms with Crippen molar-refractivity contribution in [2.75, 3.05) is 18.4 Å². The number of sulfonamides is 1. The van der Waals surface area contributed by atoms with Crippen molar-refractivity contribution in [3.05, 3.63) is 66.5 Å². The van der Waals surface area contributed by atoms with Gasteiger partial charge in [0.25, 0.3) is 0 Å². The van der Waals surface area contributed by atoms with E-state index in [-0.39, 0.29) is 18.0 Å². The molecule has 0 aliphatic heterocycles. The number of rotatable bonds is 7. The average Bonchev–Trinajstić information content (AvgIpc) is 3.13. The van der Waals surface area contributed by atoms with E-state index >= 15 is 0 Å². The van der Waals surface area contributed by atoms with Gasteiger partial charge in [0.1, 0.15) is 28.2 Å². The van der Waals surface area contributed by atoms with E-state index in [1.807, 2.05) is 29.1 Å². The molecule has 3 aromatic rings. The SMILES string of the molecule is Cc1nc(NCCNS(=O)(=O)c2ccccc2F)cc(-n2cccc2)n1.